The van der Waals surface area contributed by atoms with Gasteiger partial charge in [-0.3, -0.25) is 14.9 Å². The van der Waals surface area contributed by atoms with E-state index in [0.29, 0.717) is 10.6 Å². The largest absolute Gasteiger partial charge is 0.316 e. The number of nitro groups is 1. The lowest BCUT2D eigenvalue weighted by Crippen LogP contribution is -2.13. The van der Waals surface area contributed by atoms with E-state index in [4.69, 9.17) is 11.6 Å². The fraction of sp³-hybridized carbons (Fsp3) is 0. The maximum Gasteiger partial charge on any atom is 0.292 e. The molecule has 2 rings (SSSR count). The van der Waals surface area contributed by atoms with Crippen LogP contribution in [-0.4, -0.2) is 10.8 Å². The number of carbonyl (C=O) groups excluding carboxylic acids is 1. The molecule has 0 saturated heterocycles. The second-order valence-electron chi connectivity index (χ2n) is 3.86. The number of hydrogen-bond acceptors (Lipinski definition) is 3. The van der Waals surface area contributed by atoms with Gasteiger partial charge in [0.05, 0.1) is 9.95 Å². The first kappa shape index (κ1) is 14.7. The van der Waals surface area contributed by atoms with Crippen molar-refractivity contribution in [3.8, 4) is 0 Å². The van der Waals surface area contributed by atoms with Crippen LogP contribution in [0.5, 0.6) is 0 Å². The third-order valence-corrected chi connectivity index (χ3v) is 4.10. The van der Waals surface area contributed by atoms with Crippen molar-refractivity contribution in [2.24, 2.45) is 0 Å². The topological polar surface area (TPSA) is 72.2 Å². The summed E-state index contributed by atoms with van der Waals surface area (Å²) in [5, 5.41) is 13.8. The molecule has 2 aromatic rings. The predicted octanol–water partition coefficient (Wildman–Crippen LogP) is 4.11. The number of carbonyl (C=O) groups is 1. The van der Waals surface area contributed by atoms with E-state index >= 15 is 0 Å². The molecule has 0 aromatic heterocycles. The Labute approximate surface area is 133 Å². The molecule has 102 valence electrons. The van der Waals surface area contributed by atoms with Crippen LogP contribution in [0.25, 0.3) is 0 Å². The molecule has 0 fully saturated rings. The molecule has 0 heterocycles. The molecule has 0 spiro atoms. The number of para-hydroxylation sites is 2. The SMILES string of the molecule is O=C(Nc1ccccc1[N+](=O)[O-])c1ccc(I)c(Cl)c1. The van der Waals surface area contributed by atoms with Gasteiger partial charge in [0.1, 0.15) is 5.69 Å². The van der Waals surface area contributed by atoms with Crippen LogP contribution in [0.2, 0.25) is 5.02 Å². The molecule has 5 nitrogen and oxygen atoms in total. The molecule has 0 saturated carbocycles. The van der Waals surface area contributed by atoms with Crippen molar-refractivity contribution in [1.82, 2.24) is 0 Å². The lowest BCUT2D eigenvalue weighted by atomic mass is 10.2. The highest BCUT2D eigenvalue weighted by molar-refractivity contribution is 14.1. The first-order valence-corrected chi connectivity index (χ1v) is 6.94. The first-order chi connectivity index (χ1) is 9.49. The minimum Gasteiger partial charge on any atom is -0.316 e. The van der Waals surface area contributed by atoms with Gasteiger partial charge in [-0.05, 0) is 46.9 Å². The first-order valence-electron chi connectivity index (χ1n) is 5.49. The summed E-state index contributed by atoms with van der Waals surface area (Å²) in [7, 11) is 0. The van der Waals surface area contributed by atoms with Crippen LogP contribution in [0, 0.1) is 13.7 Å². The standard InChI is InChI=1S/C13H8ClIN2O3/c14-9-7-8(5-6-10(9)15)13(18)16-11-3-1-2-4-12(11)17(19)20/h1-7H,(H,16,18). The smallest absolute Gasteiger partial charge is 0.292 e. The summed E-state index contributed by atoms with van der Waals surface area (Å²) in [6.07, 6.45) is 0. The molecule has 1 N–H and O–H groups in total. The third kappa shape index (κ3) is 3.26. The van der Waals surface area contributed by atoms with Crippen LogP contribution >= 0.6 is 34.2 Å². The average Bonchev–Trinajstić information content (AvgIpc) is 2.42. The van der Waals surface area contributed by atoms with E-state index in [9.17, 15) is 14.9 Å². The number of nitrogens with zero attached hydrogens (tertiary/aromatic N) is 1. The van der Waals surface area contributed by atoms with Gasteiger partial charge in [-0.15, -0.1) is 0 Å². The molecule has 0 aliphatic carbocycles. The van der Waals surface area contributed by atoms with E-state index in [2.05, 4.69) is 5.32 Å². The van der Waals surface area contributed by atoms with Gasteiger partial charge >= 0.3 is 0 Å². The minimum absolute atomic E-state index is 0.150. The van der Waals surface area contributed by atoms with Crippen LogP contribution in [0.4, 0.5) is 11.4 Å². The summed E-state index contributed by atoms with van der Waals surface area (Å²) < 4.78 is 0.825. The van der Waals surface area contributed by atoms with Crippen molar-refractivity contribution in [2.45, 2.75) is 0 Å². The summed E-state index contributed by atoms with van der Waals surface area (Å²) in [4.78, 5) is 22.4. The monoisotopic (exact) mass is 402 g/mol. The maximum atomic E-state index is 12.1. The molecule has 0 radical (unpaired) electrons. The Morgan fingerprint density at radius 3 is 2.60 bits per heavy atom. The van der Waals surface area contributed by atoms with E-state index in [0.717, 1.165) is 3.57 Å². The van der Waals surface area contributed by atoms with Gasteiger partial charge in [-0.25, -0.2) is 0 Å². The molecule has 0 aliphatic heterocycles. The number of nitro benzene ring substituents is 1. The quantitative estimate of drug-likeness (QED) is 0.477. The number of nitrogens with one attached hydrogen (secondary N) is 1. The number of amides is 1. The van der Waals surface area contributed by atoms with Crippen LogP contribution in [0.15, 0.2) is 42.5 Å². The molecule has 0 aliphatic rings. The zero-order chi connectivity index (χ0) is 14.7. The van der Waals surface area contributed by atoms with Crippen molar-refractivity contribution in [3.63, 3.8) is 0 Å². The molecule has 1 amide bonds. The number of rotatable bonds is 3. The fourth-order valence-corrected chi connectivity index (χ4v) is 2.09. The average molecular weight is 403 g/mol. The molecule has 0 bridgehead atoms. The zero-order valence-electron chi connectivity index (χ0n) is 9.97. The fourth-order valence-electron chi connectivity index (χ4n) is 1.57. The van der Waals surface area contributed by atoms with Gasteiger partial charge in [0.25, 0.3) is 11.6 Å². The van der Waals surface area contributed by atoms with Crippen molar-refractivity contribution in [3.05, 3.63) is 66.7 Å². The van der Waals surface area contributed by atoms with E-state index < -0.39 is 10.8 Å². The van der Waals surface area contributed by atoms with Crippen molar-refractivity contribution in [2.75, 3.05) is 5.32 Å². The lowest BCUT2D eigenvalue weighted by molar-refractivity contribution is -0.383. The van der Waals surface area contributed by atoms with Crippen molar-refractivity contribution in [1.29, 1.82) is 0 Å². The maximum absolute atomic E-state index is 12.1. The Balaban J connectivity index is 2.28. The van der Waals surface area contributed by atoms with Gasteiger partial charge in [-0.1, -0.05) is 23.7 Å². The predicted molar refractivity (Wildman–Crippen MR) is 85.2 cm³/mol. The number of benzene rings is 2. The van der Waals surface area contributed by atoms with Crippen molar-refractivity contribution < 1.29 is 9.72 Å². The van der Waals surface area contributed by atoms with E-state index in [1.807, 2.05) is 22.6 Å². The Morgan fingerprint density at radius 2 is 1.95 bits per heavy atom. The Bertz CT molecular complexity index is 691. The van der Waals surface area contributed by atoms with Crippen molar-refractivity contribution >= 4 is 51.5 Å². The second kappa shape index (κ2) is 6.19. The van der Waals surface area contributed by atoms with Gasteiger partial charge < -0.3 is 5.32 Å². The minimum atomic E-state index is -0.545. The summed E-state index contributed by atoms with van der Waals surface area (Å²) in [6, 6.07) is 10.8. The van der Waals surface area contributed by atoms with Gasteiger partial charge in [0.2, 0.25) is 0 Å². The molecular weight excluding hydrogens is 395 g/mol. The summed E-state index contributed by atoms with van der Waals surface area (Å²) in [6.45, 7) is 0. The van der Waals surface area contributed by atoms with Gasteiger partial charge in [-0.2, -0.15) is 0 Å². The van der Waals surface area contributed by atoms with Crippen LogP contribution in [-0.2, 0) is 0 Å². The molecule has 0 unspecified atom stereocenters. The number of anilines is 1. The van der Waals surface area contributed by atoms with E-state index in [1.165, 1.54) is 24.3 Å². The zero-order valence-corrected chi connectivity index (χ0v) is 12.9. The molecule has 2 aromatic carbocycles. The highest BCUT2D eigenvalue weighted by atomic mass is 127. The second-order valence-corrected chi connectivity index (χ2v) is 5.43. The van der Waals surface area contributed by atoms with Gasteiger partial charge in [0, 0.05) is 15.2 Å². The summed E-state index contributed by atoms with van der Waals surface area (Å²) in [5.41, 5.74) is 0.336. The highest BCUT2D eigenvalue weighted by Gasteiger charge is 2.16. The van der Waals surface area contributed by atoms with E-state index in [1.54, 1.807) is 18.2 Å². The van der Waals surface area contributed by atoms with Gasteiger partial charge in [0.15, 0.2) is 0 Å². The molecule has 7 heteroatoms. The van der Waals surface area contributed by atoms with Crippen LogP contribution in [0.3, 0.4) is 0 Å². The normalized spacial score (nSPS) is 10.1. The summed E-state index contributed by atoms with van der Waals surface area (Å²) in [5.74, 6) is -0.447. The Morgan fingerprint density at radius 1 is 1.25 bits per heavy atom. The molecular formula is C13H8ClIN2O3. The van der Waals surface area contributed by atoms with Crippen LogP contribution in [0.1, 0.15) is 10.4 Å². The number of hydrogen-bond donors (Lipinski definition) is 1. The Hall–Kier alpha value is -1.67. The molecule has 0 atom stereocenters. The Kier molecular flexibility index (Phi) is 4.56. The summed E-state index contributed by atoms with van der Waals surface area (Å²) >= 11 is 8.00. The lowest BCUT2D eigenvalue weighted by Gasteiger charge is -2.06. The molecule has 20 heavy (non-hydrogen) atoms. The van der Waals surface area contributed by atoms with Crippen LogP contribution < -0.4 is 5.32 Å². The highest BCUT2D eigenvalue weighted by Crippen LogP contribution is 2.25. The number of halogens is 2. The third-order valence-electron chi connectivity index (χ3n) is 2.53. The van der Waals surface area contributed by atoms with E-state index in [-0.39, 0.29) is 11.4 Å².